The van der Waals surface area contributed by atoms with Gasteiger partial charge in [0.2, 0.25) is 0 Å². The quantitative estimate of drug-likeness (QED) is 0.670. The van der Waals surface area contributed by atoms with Gasteiger partial charge in [-0.05, 0) is 30.2 Å². The van der Waals surface area contributed by atoms with Crippen LogP contribution in [0.4, 0.5) is 5.69 Å². The number of carbonyl (C=O) groups excluding carboxylic acids is 2. The van der Waals surface area contributed by atoms with Crippen molar-refractivity contribution in [3.8, 4) is 5.75 Å². The van der Waals surface area contributed by atoms with Crippen molar-refractivity contribution in [2.75, 3.05) is 18.6 Å². The number of rotatable bonds is 3. The summed E-state index contributed by atoms with van der Waals surface area (Å²) in [7, 11) is 1.56. The van der Waals surface area contributed by atoms with Crippen LogP contribution in [0.3, 0.4) is 0 Å². The monoisotopic (exact) mass is 411 g/mol. The van der Waals surface area contributed by atoms with Crippen molar-refractivity contribution in [2.24, 2.45) is 4.99 Å². The van der Waals surface area contributed by atoms with Gasteiger partial charge in [-0.25, -0.2) is 0 Å². The molecule has 0 bridgehead atoms. The molecule has 0 spiro atoms. The summed E-state index contributed by atoms with van der Waals surface area (Å²) in [6, 6.07) is 11.3. The molecule has 0 saturated carbocycles. The summed E-state index contributed by atoms with van der Waals surface area (Å²) in [6.07, 6.45) is 6.06. The van der Waals surface area contributed by atoms with E-state index in [1.807, 2.05) is 24.4 Å². The number of aliphatic imine (C=N–C) groups is 1. The Labute approximate surface area is 177 Å². The van der Waals surface area contributed by atoms with Gasteiger partial charge in [0.15, 0.2) is 0 Å². The Bertz CT molecular complexity index is 1390. The molecule has 2 amide bonds. The van der Waals surface area contributed by atoms with E-state index in [1.54, 1.807) is 31.7 Å². The maximum absolute atomic E-state index is 13.0. The first-order chi connectivity index (χ1) is 15.2. The van der Waals surface area contributed by atoms with Gasteiger partial charge >= 0.3 is 0 Å². The molecule has 7 nitrogen and oxygen atoms in total. The zero-order valence-corrected chi connectivity index (χ0v) is 16.6. The van der Waals surface area contributed by atoms with Crippen LogP contribution in [0.5, 0.6) is 5.75 Å². The Morgan fingerprint density at radius 1 is 1.10 bits per heavy atom. The van der Waals surface area contributed by atoms with Crippen molar-refractivity contribution >= 4 is 39.8 Å². The Kier molecular flexibility index (Phi) is 3.67. The number of carbonyl (C=O) groups is 2. The molecule has 152 valence electrons. The summed E-state index contributed by atoms with van der Waals surface area (Å²) in [4.78, 5) is 32.8. The highest BCUT2D eigenvalue weighted by atomic mass is 16.5. The lowest BCUT2D eigenvalue weighted by molar-refractivity contribution is -0.123. The zero-order valence-electron chi connectivity index (χ0n) is 16.6. The fraction of sp³-hybridized carbons (Fsp3) is 0.125. The number of anilines is 1. The molecule has 31 heavy (non-hydrogen) atoms. The fourth-order valence-electron chi connectivity index (χ4n) is 4.58. The highest BCUT2D eigenvalue weighted by Crippen LogP contribution is 2.39. The number of hydrogen-bond acceptors (Lipinski definition) is 6. The molecule has 0 atom stereocenters. The molecule has 4 heterocycles. The van der Waals surface area contributed by atoms with Crippen LogP contribution in [0.15, 0.2) is 70.0 Å². The van der Waals surface area contributed by atoms with Crippen LogP contribution in [-0.2, 0) is 16.0 Å². The average Bonchev–Trinajstić information content (AvgIpc) is 3.44. The minimum Gasteiger partial charge on any atom is -0.497 e. The van der Waals surface area contributed by atoms with Crippen LogP contribution < -0.4 is 15.0 Å². The van der Waals surface area contributed by atoms with E-state index in [0.29, 0.717) is 22.6 Å². The molecule has 0 fully saturated rings. The first-order valence-electron chi connectivity index (χ1n) is 9.95. The van der Waals surface area contributed by atoms with Crippen molar-refractivity contribution in [1.82, 2.24) is 5.32 Å². The number of nitrogens with zero attached hydrogens (tertiary/aromatic N) is 2. The maximum atomic E-state index is 13.0. The number of benzene rings is 2. The van der Waals surface area contributed by atoms with E-state index in [-0.39, 0.29) is 11.1 Å². The molecule has 0 saturated heterocycles. The van der Waals surface area contributed by atoms with Gasteiger partial charge in [-0.2, -0.15) is 0 Å². The predicted molar refractivity (Wildman–Crippen MR) is 116 cm³/mol. The second kappa shape index (κ2) is 6.43. The van der Waals surface area contributed by atoms with Gasteiger partial charge in [0.05, 0.1) is 35.9 Å². The number of amides is 2. The van der Waals surface area contributed by atoms with Gasteiger partial charge in [0.25, 0.3) is 11.8 Å². The standard InChI is InChI=1S/C24H17N3O4/c1-30-15-11-14-6-10-31-22(14)17(12-15)18-19(24(29)26-23(18)28)20-16-4-2-3-13-5-8-27(21(13)16)9-7-25-20/h2-4,6-7,9-12H,5,8H2,1H3,(H,26,28,29). The lowest BCUT2D eigenvalue weighted by Gasteiger charge is -2.17. The average molecular weight is 411 g/mol. The van der Waals surface area contributed by atoms with Crippen LogP contribution in [-0.4, -0.2) is 31.2 Å². The molecule has 1 N–H and O–H groups in total. The van der Waals surface area contributed by atoms with Gasteiger partial charge in [-0.15, -0.1) is 0 Å². The SMILES string of the molecule is COc1cc(C2=C(C3=NC=CN4CCc5cccc3c54)C(=O)NC2=O)c2occc2c1. The second-order valence-electron chi connectivity index (χ2n) is 7.58. The summed E-state index contributed by atoms with van der Waals surface area (Å²) in [5.41, 5.74) is 5.01. The van der Waals surface area contributed by atoms with Crippen molar-refractivity contribution in [3.63, 3.8) is 0 Å². The van der Waals surface area contributed by atoms with Crippen molar-refractivity contribution in [2.45, 2.75) is 6.42 Å². The molecule has 2 aromatic carbocycles. The van der Waals surface area contributed by atoms with Gasteiger partial charge in [0, 0.05) is 35.5 Å². The van der Waals surface area contributed by atoms with Crippen molar-refractivity contribution in [3.05, 3.63) is 77.3 Å². The molecule has 7 heteroatoms. The summed E-state index contributed by atoms with van der Waals surface area (Å²) in [6.45, 7) is 0.853. The molecule has 6 rings (SSSR count). The van der Waals surface area contributed by atoms with E-state index in [1.165, 1.54) is 5.56 Å². The number of methoxy groups -OCH3 is 1. The number of imide groups is 1. The minimum atomic E-state index is -0.480. The molecule has 0 unspecified atom stereocenters. The second-order valence-corrected chi connectivity index (χ2v) is 7.58. The van der Waals surface area contributed by atoms with Gasteiger partial charge < -0.3 is 14.1 Å². The van der Waals surface area contributed by atoms with Crippen LogP contribution in [0.25, 0.3) is 16.5 Å². The fourth-order valence-corrected chi connectivity index (χ4v) is 4.58. The van der Waals surface area contributed by atoms with E-state index in [9.17, 15) is 9.59 Å². The highest BCUT2D eigenvalue weighted by Gasteiger charge is 2.38. The van der Waals surface area contributed by atoms with Crippen LogP contribution in [0.1, 0.15) is 16.7 Å². The van der Waals surface area contributed by atoms with E-state index in [2.05, 4.69) is 21.3 Å². The van der Waals surface area contributed by atoms with E-state index in [0.717, 1.165) is 29.6 Å². The largest absolute Gasteiger partial charge is 0.497 e. The Hall–Kier alpha value is -4.13. The Balaban J connectivity index is 1.66. The summed E-state index contributed by atoms with van der Waals surface area (Å²) < 4.78 is 11.1. The lowest BCUT2D eigenvalue weighted by atomic mass is 9.92. The minimum absolute atomic E-state index is 0.236. The molecule has 0 radical (unpaired) electrons. The van der Waals surface area contributed by atoms with Gasteiger partial charge in [-0.3, -0.25) is 19.9 Å². The van der Waals surface area contributed by atoms with Crippen LogP contribution in [0.2, 0.25) is 0 Å². The third kappa shape index (κ3) is 2.49. The number of nitrogens with one attached hydrogen (secondary N) is 1. The first-order valence-corrected chi connectivity index (χ1v) is 9.95. The van der Waals surface area contributed by atoms with Crippen LogP contribution in [0, 0.1) is 0 Å². The molecule has 3 aromatic rings. The molecule has 0 aliphatic carbocycles. The van der Waals surface area contributed by atoms with E-state index in [4.69, 9.17) is 9.15 Å². The number of hydrogen-bond donors (Lipinski definition) is 1. The normalized spacial score (nSPS) is 17.2. The third-order valence-corrected chi connectivity index (χ3v) is 5.93. The van der Waals surface area contributed by atoms with E-state index >= 15 is 0 Å². The highest BCUT2D eigenvalue weighted by molar-refractivity contribution is 6.48. The predicted octanol–water partition coefficient (Wildman–Crippen LogP) is 3.19. The molecule has 3 aliphatic rings. The Morgan fingerprint density at radius 3 is 2.84 bits per heavy atom. The Morgan fingerprint density at radius 2 is 1.97 bits per heavy atom. The third-order valence-electron chi connectivity index (χ3n) is 5.93. The van der Waals surface area contributed by atoms with Crippen molar-refractivity contribution < 1.29 is 18.7 Å². The van der Waals surface area contributed by atoms with Gasteiger partial charge in [0.1, 0.15) is 11.3 Å². The molecule has 3 aliphatic heterocycles. The zero-order chi connectivity index (χ0) is 21.1. The molecular formula is C24H17N3O4. The molecule has 1 aromatic heterocycles. The maximum Gasteiger partial charge on any atom is 0.261 e. The number of fused-ring (bicyclic) bond motifs is 1. The van der Waals surface area contributed by atoms with Crippen LogP contribution >= 0.6 is 0 Å². The summed E-state index contributed by atoms with van der Waals surface area (Å²) >= 11 is 0. The number of para-hydroxylation sites is 1. The smallest absolute Gasteiger partial charge is 0.261 e. The number of furan rings is 1. The van der Waals surface area contributed by atoms with Crippen molar-refractivity contribution in [1.29, 1.82) is 0 Å². The van der Waals surface area contributed by atoms with Gasteiger partial charge in [-0.1, -0.05) is 18.2 Å². The molecular weight excluding hydrogens is 394 g/mol. The topological polar surface area (TPSA) is 84.1 Å². The van der Waals surface area contributed by atoms with E-state index < -0.39 is 11.8 Å². The summed E-state index contributed by atoms with van der Waals surface area (Å²) in [5.74, 6) is -0.387. The first kappa shape index (κ1) is 17.7. The number of ether oxygens (including phenoxy) is 1. The summed E-state index contributed by atoms with van der Waals surface area (Å²) in [5, 5.41) is 3.23. The lowest BCUT2D eigenvalue weighted by Crippen LogP contribution is -2.25.